The Hall–Kier alpha value is -2.33. The molecule has 4 nitrogen and oxygen atoms in total. The number of rotatable bonds is 2. The molecule has 0 spiro atoms. The second-order valence-electron chi connectivity index (χ2n) is 7.84. The molecule has 134 valence electrons. The van der Waals surface area contributed by atoms with E-state index in [4.69, 9.17) is 0 Å². The summed E-state index contributed by atoms with van der Waals surface area (Å²) >= 11 is 0. The second kappa shape index (κ2) is 6.13. The Morgan fingerprint density at radius 2 is 1.85 bits per heavy atom. The molecule has 0 saturated carbocycles. The van der Waals surface area contributed by atoms with E-state index >= 15 is 0 Å². The Balaban J connectivity index is 1.41. The zero-order valence-corrected chi connectivity index (χ0v) is 15.2. The molecule has 2 aromatic carbocycles. The number of aromatic nitrogens is 2. The van der Waals surface area contributed by atoms with Crippen LogP contribution in [0.15, 0.2) is 53.3 Å². The van der Waals surface area contributed by atoms with Crippen molar-refractivity contribution in [2.24, 2.45) is 0 Å². The van der Waals surface area contributed by atoms with Crippen molar-refractivity contribution < 1.29 is 0 Å². The second-order valence-corrected chi connectivity index (χ2v) is 7.84. The van der Waals surface area contributed by atoms with E-state index in [2.05, 4.69) is 47.1 Å². The molecule has 2 heterocycles. The lowest BCUT2D eigenvalue weighted by Crippen LogP contribution is -2.44. The number of likely N-dealkylation sites (tertiary alicyclic amines) is 1. The molecule has 1 N–H and O–H groups in total. The summed E-state index contributed by atoms with van der Waals surface area (Å²) in [5.74, 6) is 0. The van der Waals surface area contributed by atoms with Crippen LogP contribution in [0.2, 0.25) is 0 Å². The van der Waals surface area contributed by atoms with Crippen LogP contribution in [0.3, 0.4) is 0 Å². The molecule has 1 aromatic heterocycles. The number of para-hydroxylation sites is 2. The maximum absolute atomic E-state index is 12.5. The molecule has 26 heavy (non-hydrogen) atoms. The van der Waals surface area contributed by atoms with Gasteiger partial charge in [0.2, 0.25) is 0 Å². The van der Waals surface area contributed by atoms with E-state index in [0.29, 0.717) is 12.1 Å². The fourth-order valence-corrected chi connectivity index (χ4v) is 5.18. The number of imidazole rings is 1. The van der Waals surface area contributed by atoms with Crippen molar-refractivity contribution in [2.75, 3.05) is 6.54 Å². The van der Waals surface area contributed by atoms with Crippen LogP contribution in [0, 0.1) is 0 Å². The van der Waals surface area contributed by atoms with E-state index in [0.717, 1.165) is 30.4 Å². The molecular weight excluding hydrogens is 322 g/mol. The van der Waals surface area contributed by atoms with Gasteiger partial charge in [-0.2, -0.15) is 0 Å². The highest BCUT2D eigenvalue weighted by Gasteiger charge is 2.35. The molecule has 1 fully saturated rings. The van der Waals surface area contributed by atoms with Crippen LogP contribution in [0.4, 0.5) is 0 Å². The summed E-state index contributed by atoms with van der Waals surface area (Å²) in [5, 5.41) is 0. The number of aromatic amines is 1. The SMILES string of the molecule is CC1CC(n2c(=O)[nH]c3ccccc32)CCN1C1CCc2ccccc21. The first-order chi connectivity index (χ1) is 12.7. The molecule has 3 aromatic rings. The number of hydrogen-bond donors (Lipinski definition) is 1. The zero-order valence-electron chi connectivity index (χ0n) is 15.2. The average molecular weight is 347 g/mol. The third-order valence-electron chi connectivity index (χ3n) is 6.39. The molecule has 3 atom stereocenters. The Morgan fingerprint density at radius 1 is 1.04 bits per heavy atom. The number of nitrogens with zero attached hydrogens (tertiary/aromatic N) is 2. The molecule has 1 aliphatic carbocycles. The maximum Gasteiger partial charge on any atom is 0.326 e. The van der Waals surface area contributed by atoms with Gasteiger partial charge in [-0.05, 0) is 55.9 Å². The van der Waals surface area contributed by atoms with Crippen molar-refractivity contribution in [3.63, 3.8) is 0 Å². The summed E-state index contributed by atoms with van der Waals surface area (Å²) in [7, 11) is 0. The van der Waals surface area contributed by atoms with Crippen molar-refractivity contribution in [1.29, 1.82) is 0 Å². The van der Waals surface area contributed by atoms with Gasteiger partial charge in [-0.1, -0.05) is 36.4 Å². The minimum absolute atomic E-state index is 0.0306. The molecule has 4 heteroatoms. The van der Waals surface area contributed by atoms with Crippen LogP contribution >= 0.6 is 0 Å². The van der Waals surface area contributed by atoms with Gasteiger partial charge in [-0.15, -0.1) is 0 Å². The largest absolute Gasteiger partial charge is 0.326 e. The fourth-order valence-electron chi connectivity index (χ4n) is 5.18. The highest BCUT2D eigenvalue weighted by molar-refractivity contribution is 5.75. The third-order valence-corrected chi connectivity index (χ3v) is 6.39. The Kier molecular flexibility index (Phi) is 3.75. The summed E-state index contributed by atoms with van der Waals surface area (Å²) in [6.45, 7) is 3.38. The van der Waals surface area contributed by atoms with Crippen molar-refractivity contribution in [3.8, 4) is 0 Å². The smallest absolute Gasteiger partial charge is 0.306 e. The number of hydrogen-bond acceptors (Lipinski definition) is 2. The van der Waals surface area contributed by atoms with Gasteiger partial charge in [0.05, 0.1) is 11.0 Å². The number of fused-ring (bicyclic) bond motifs is 2. The Labute approximate surface area is 153 Å². The van der Waals surface area contributed by atoms with Gasteiger partial charge in [-0.25, -0.2) is 4.79 Å². The standard InChI is InChI=1S/C22H25N3O/c1-15-14-17(25-21-9-5-4-8-19(21)23-22(25)26)12-13-24(15)20-11-10-16-6-2-3-7-18(16)20/h2-9,15,17,20H,10-14H2,1H3,(H,23,26). The minimum Gasteiger partial charge on any atom is -0.306 e. The van der Waals surface area contributed by atoms with Gasteiger partial charge in [0.1, 0.15) is 0 Å². The predicted molar refractivity (Wildman–Crippen MR) is 105 cm³/mol. The van der Waals surface area contributed by atoms with Crippen molar-refractivity contribution in [2.45, 2.75) is 50.7 Å². The number of aryl methyl sites for hydroxylation is 1. The van der Waals surface area contributed by atoms with Gasteiger partial charge in [0.25, 0.3) is 0 Å². The lowest BCUT2D eigenvalue weighted by atomic mass is 9.94. The van der Waals surface area contributed by atoms with Crippen LogP contribution in [0.5, 0.6) is 0 Å². The normalized spacial score (nSPS) is 26.3. The van der Waals surface area contributed by atoms with E-state index < -0.39 is 0 Å². The lowest BCUT2D eigenvalue weighted by Gasteiger charge is -2.42. The van der Waals surface area contributed by atoms with E-state index in [1.807, 2.05) is 22.8 Å². The fraction of sp³-hybridized carbons (Fsp3) is 0.409. The number of piperidine rings is 1. The summed E-state index contributed by atoms with van der Waals surface area (Å²) in [5.41, 5.74) is 5.04. The van der Waals surface area contributed by atoms with Gasteiger partial charge >= 0.3 is 5.69 Å². The molecule has 0 radical (unpaired) electrons. The molecule has 5 rings (SSSR count). The Morgan fingerprint density at radius 3 is 2.73 bits per heavy atom. The molecular formula is C22H25N3O. The molecule has 0 amide bonds. The number of H-pyrrole nitrogens is 1. The van der Waals surface area contributed by atoms with E-state index in [1.54, 1.807) is 0 Å². The van der Waals surface area contributed by atoms with E-state index in [1.165, 1.54) is 24.0 Å². The molecule has 1 aliphatic heterocycles. The monoisotopic (exact) mass is 347 g/mol. The Bertz CT molecular complexity index is 1000. The number of nitrogens with one attached hydrogen (secondary N) is 1. The predicted octanol–water partition coefficient (Wildman–Crippen LogP) is 4.04. The summed E-state index contributed by atoms with van der Waals surface area (Å²) in [6.07, 6.45) is 4.47. The average Bonchev–Trinajstić information content (AvgIpc) is 3.22. The van der Waals surface area contributed by atoms with Gasteiger partial charge in [-0.3, -0.25) is 9.47 Å². The van der Waals surface area contributed by atoms with Crippen LogP contribution in [0.1, 0.15) is 49.4 Å². The van der Waals surface area contributed by atoms with Crippen molar-refractivity contribution in [1.82, 2.24) is 14.5 Å². The number of benzene rings is 2. The first-order valence-electron chi connectivity index (χ1n) is 9.75. The van der Waals surface area contributed by atoms with E-state index in [9.17, 15) is 4.79 Å². The maximum atomic E-state index is 12.5. The van der Waals surface area contributed by atoms with E-state index in [-0.39, 0.29) is 11.7 Å². The molecule has 0 bridgehead atoms. The van der Waals surface area contributed by atoms with Gasteiger partial charge in [0.15, 0.2) is 0 Å². The third kappa shape index (κ3) is 2.43. The van der Waals surface area contributed by atoms with Crippen molar-refractivity contribution in [3.05, 3.63) is 70.1 Å². The first kappa shape index (κ1) is 15.9. The molecule has 1 saturated heterocycles. The highest BCUT2D eigenvalue weighted by atomic mass is 16.1. The first-order valence-corrected chi connectivity index (χ1v) is 9.75. The summed E-state index contributed by atoms with van der Waals surface area (Å²) in [6, 6.07) is 18.2. The highest BCUT2D eigenvalue weighted by Crippen LogP contribution is 2.40. The minimum atomic E-state index is 0.0306. The van der Waals surface area contributed by atoms with Crippen LogP contribution < -0.4 is 5.69 Å². The van der Waals surface area contributed by atoms with Gasteiger partial charge < -0.3 is 4.98 Å². The van der Waals surface area contributed by atoms with Gasteiger partial charge in [0, 0.05) is 24.7 Å². The lowest BCUT2D eigenvalue weighted by molar-refractivity contribution is 0.0799. The zero-order chi connectivity index (χ0) is 17.7. The quantitative estimate of drug-likeness (QED) is 0.760. The van der Waals surface area contributed by atoms with Crippen molar-refractivity contribution >= 4 is 11.0 Å². The topological polar surface area (TPSA) is 41.0 Å². The van der Waals surface area contributed by atoms with Crippen LogP contribution in [-0.4, -0.2) is 27.0 Å². The summed E-state index contributed by atoms with van der Waals surface area (Å²) in [4.78, 5) is 18.2. The summed E-state index contributed by atoms with van der Waals surface area (Å²) < 4.78 is 1.99. The van der Waals surface area contributed by atoms with Crippen LogP contribution in [-0.2, 0) is 6.42 Å². The molecule has 3 unspecified atom stereocenters. The molecule has 2 aliphatic rings. The van der Waals surface area contributed by atoms with Crippen LogP contribution in [0.25, 0.3) is 11.0 Å².